The first-order chi connectivity index (χ1) is 15.0. The van der Waals surface area contributed by atoms with E-state index in [1.165, 1.54) is 29.2 Å². The number of carbonyl (C=O) groups is 2. The van der Waals surface area contributed by atoms with Crippen LogP contribution in [0.2, 0.25) is 0 Å². The first kappa shape index (κ1) is 22.5. The molecule has 1 aliphatic heterocycles. The third-order valence-electron chi connectivity index (χ3n) is 4.98. The summed E-state index contributed by atoms with van der Waals surface area (Å²) in [4.78, 5) is 27.0. The summed E-state index contributed by atoms with van der Waals surface area (Å²) in [5.41, 5.74) is 0.824. The third kappa shape index (κ3) is 4.92. The van der Waals surface area contributed by atoms with Crippen LogP contribution in [0.4, 0.5) is 4.39 Å². The van der Waals surface area contributed by atoms with Crippen LogP contribution in [0.25, 0.3) is 5.76 Å². The Labute approximate surface area is 179 Å². The van der Waals surface area contributed by atoms with E-state index in [9.17, 15) is 19.1 Å². The van der Waals surface area contributed by atoms with Crippen molar-refractivity contribution in [2.45, 2.75) is 13.0 Å². The third-order valence-corrected chi connectivity index (χ3v) is 4.98. The molecule has 1 heterocycles. The first-order valence-corrected chi connectivity index (χ1v) is 10.1. The average molecular weight is 428 g/mol. The number of hydrogen-bond acceptors (Lipinski definition) is 6. The smallest absolute Gasteiger partial charge is 0.295 e. The second kappa shape index (κ2) is 10.2. The summed E-state index contributed by atoms with van der Waals surface area (Å²) in [5, 5.41) is 22.8. The zero-order valence-electron chi connectivity index (χ0n) is 17.2. The number of rotatable bonds is 9. The highest BCUT2D eigenvalue weighted by atomic mass is 19.1. The standard InChI is InChI=1S/C23H25FN2O5/c1-2-31-18-9-5-15(6-10-18)20-19(21(28)16-3-7-17(24)8-4-16)22(29)23(30)26(20)13-11-25-12-14-27/h3-10,20,25,27-28H,2,11-14H2,1H3. The topological polar surface area (TPSA) is 99.1 Å². The van der Waals surface area contributed by atoms with E-state index in [-0.39, 0.29) is 30.0 Å². The number of carbonyl (C=O) groups excluding carboxylic acids is 2. The van der Waals surface area contributed by atoms with Gasteiger partial charge in [-0.05, 0) is 48.9 Å². The minimum absolute atomic E-state index is 0.0499. The number of hydrogen-bond donors (Lipinski definition) is 3. The number of benzene rings is 2. The van der Waals surface area contributed by atoms with E-state index in [2.05, 4.69) is 5.32 Å². The van der Waals surface area contributed by atoms with Gasteiger partial charge in [-0.3, -0.25) is 9.59 Å². The highest BCUT2D eigenvalue weighted by Gasteiger charge is 2.45. The lowest BCUT2D eigenvalue weighted by atomic mass is 9.95. The molecule has 31 heavy (non-hydrogen) atoms. The molecule has 2 aromatic carbocycles. The van der Waals surface area contributed by atoms with Gasteiger partial charge in [-0.2, -0.15) is 0 Å². The fourth-order valence-corrected chi connectivity index (χ4v) is 3.54. The molecule has 3 rings (SSSR count). The lowest BCUT2D eigenvalue weighted by Crippen LogP contribution is -2.36. The molecule has 8 heteroatoms. The molecule has 1 fully saturated rings. The number of Topliss-reactive ketones (excluding diaryl/α,β-unsaturated/α-hetero) is 1. The Hall–Kier alpha value is -3.23. The van der Waals surface area contributed by atoms with Gasteiger partial charge in [0.2, 0.25) is 0 Å². The van der Waals surface area contributed by atoms with Gasteiger partial charge in [0.05, 0.1) is 24.8 Å². The average Bonchev–Trinajstić information content (AvgIpc) is 3.02. The fourth-order valence-electron chi connectivity index (χ4n) is 3.54. The molecular formula is C23H25FN2O5. The number of halogens is 1. The predicted octanol–water partition coefficient (Wildman–Crippen LogP) is 2.23. The van der Waals surface area contributed by atoms with Crippen LogP contribution in [0.15, 0.2) is 54.1 Å². The van der Waals surface area contributed by atoms with Crippen molar-refractivity contribution in [2.75, 3.05) is 32.8 Å². The van der Waals surface area contributed by atoms with Crippen molar-refractivity contribution in [1.29, 1.82) is 0 Å². The number of nitrogens with one attached hydrogen (secondary N) is 1. The summed E-state index contributed by atoms with van der Waals surface area (Å²) >= 11 is 0. The maximum atomic E-state index is 13.3. The summed E-state index contributed by atoms with van der Waals surface area (Å²) < 4.78 is 18.8. The Morgan fingerprint density at radius 3 is 2.39 bits per heavy atom. The normalized spacial score (nSPS) is 17.9. The van der Waals surface area contributed by atoms with E-state index in [0.29, 0.717) is 31.0 Å². The van der Waals surface area contributed by atoms with Crippen LogP contribution in [0.1, 0.15) is 24.1 Å². The summed E-state index contributed by atoms with van der Waals surface area (Å²) in [6.45, 7) is 3.23. The van der Waals surface area contributed by atoms with Crippen LogP contribution < -0.4 is 10.1 Å². The van der Waals surface area contributed by atoms with Gasteiger partial charge in [0.25, 0.3) is 11.7 Å². The molecule has 3 N–H and O–H groups in total. The van der Waals surface area contributed by atoms with Crippen molar-refractivity contribution in [3.8, 4) is 5.75 Å². The predicted molar refractivity (Wildman–Crippen MR) is 113 cm³/mol. The zero-order chi connectivity index (χ0) is 22.4. The fraction of sp³-hybridized carbons (Fsp3) is 0.304. The number of aliphatic hydroxyl groups excluding tert-OH is 2. The lowest BCUT2D eigenvalue weighted by molar-refractivity contribution is -0.139. The summed E-state index contributed by atoms with van der Waals surface area (Å²) in [5.74, 6) is -1.72. The van der Waals surface area contributed by atoms with Crippen LogP contribution in [-0.2, 0) is 9.59 Å². The summed E-state index contributed by atoms with van der Waals surface area (Å²) in [7, 11) is 0. The molecule has 1 aliphatic rings. The van der Waals surface area contributed by atoms with Crippen molar-refractivity contribution < 1.29 is 28.9 Å². The highest BCUT2D eigenvalue weighted by Crippen LogP contribution is 2.39. The van der Waals surface area contributed by atoms with Gasteiger partial charge in [-0.15, -0.1) is 0 Å². The molecule has 164 valence electrons. The van der Waals surface area contributed by atoms with Crippen molar-refractivity contribution in [2.24, 2.45) is 0 Å². The van der Waals surface area contributed by atoms with Gasteiger partial charge in [0.15, 0.2) is 0 Å². The molecule has 1 amide bonds. The number of ether oxygens (including phenoxy) is 1. The van der Waals surface area contributed by atoms with Crippen molar-refractivity contribution in [1.82, 2.24) is 10.2 Å². The Kier molecular flexibility index (Phi) is 7.38. The van der Waals surface area contributed by atoms with Crippen molar-refractivity contribution >= 4 is 17.4 Å². The number of amides is 1. The molecule has 0 saturated carbocycles. The Morgan fingerprint density at radius 2 is 1.77 bits per heavy atom. The number of nitrogens with zero attached hydrogens (tertiary/aromatic N) is 1. The molecule has 1 unspecified atom stereocenters. The summed E-state index contributed by atoms with van der Waals surface area (Å²) in [6.07, 6.45) is 0. The van der Waals surface area contributed by atoms with Crippen LogP contribution >= 0.6 is 0 Å². The molecule has 1 saturated heterocycles. The van der Waals surface area contributed by atoms with Gasteiger partial charge in [-0.1, -0.05) is 12.1 Å². The van der Waals surface area contributed by atoms with Crippen LogP contribution in [0, 0.1) is 5.82 Å². The minimum atomic E-state index is -0.809. The SMILES string of the molecule is CCOc1ccc(C2C(=C(O)c3ccc(F)cc3)C(=O)C(=O)N2CCNCCO)cc1. The molecule has 0 aromatic heterocycles. The summed E-state index contributed by atoms with van der Waals surface area (Å²) in [6, 6.07) is 11.2. The molecule has 7 nitrogen and oxygen atoms in total. The number of ketones is 1. The van der Waals surface area contributed by atoms with Gasteiger partial charge in [0.1, 0.15) is 17.3 Å². The van der Waals surface area contributed by atoms with E-state index in [1.54, 1.807) is 24.3 Å². The molecule has 0 spiro atoms. The molecular weight excluding hydrogens is 403 g/mol. The second-order valence-electron chi connectivity index (χ2n) is 6.98. The molecule has 0 bridgehead atoms. The first-order valence-electron chi connectivity index (χ1n) is 10.1. The zero-order valence-corrected chi connectivity index (χ0v) is 17.2. The van der Waals surface area contributed by atoms with Gasteiger partial charge < -0.3 is 25.2 Å². The molecule has 0 radical (unpaired) electrons. The monoisotopic (exact) mass is 428 g/mol. The van der Waals surface area contributed by atoms with Crippen molar-refractivity contribution in [3.63, 3.8) is 0 Å². The van der Waals surface area contributed by atoms with E-state index in [1.807, 2.05) is 6.92 Å². The van der Waals surface area contributed by atoms with Crippen LogP contribution in [0.5, 0.6) is 5.75 Å². The Bertz CT molecular complexity index is 957. The molecule has 2 aromatic rings. The maximum Gasteiger partial charge on any atom is 0.295 e. The second-order valence-corrected chi connectivity index (χ2v) is 6.98. The number of likely N-dealkylation sites (tertiary alicyclic amines) is 1. The number of aliphatic hydroxyl groups is 2. The lowest BCUT2D eigenvalue weighted by Gasteiger charge is -2.25. The van der Waals surface area contributed by atoms with Crippen LogP contribution in [0.3, 0.4) is 0 Å². The Balaban J connectivity index is 2.03. The quantitative estimate of drug-likeness (QED) is 0.245. The van der Waals surface area contributed by atoms with Crippen molar-refractivity contribution in [3.05, 3.63) is 71.0 Å². The van der Waals surface area contributed by atoms with Gasteiger partial charge in [0, 0.05) is 25.2 Å². The maximum absolute atomic E-state index is 13.3. The van der Waals surface area contributed by atoms with E-state index in [0.717, 1.165) is 0 Å². The van der Waals surface area contributed by atoms with Crippen LogP contribution in [-0.4, -0.2) is 59.7 Å². The van der Waals surface area contributed by atoms with E-state index < -0.39 is 23.5 Å². The minimum Gasteiger partial charge on any atom is -0.507 e. The van der Waals surface area contributed by atoms with Gasteiger partial charge >= 0.3 is 0 Å². The molecule has 0 aliphatic carbocycles. The van der Waals surface area contributed by atoms with E-state index >= 15 is 0 Å². The Morgan fingerprint density at radius 1 is 1.10 bits per heavy atom. The largest absolute Gasteiger partial charge is 0.507 e. The van der Waals surface area contributed by atoms with E-state index in [4.69, 9.17) is 9.84 Å². The van der Waals surface area contributed by atoms with Gasteiger partial charge in [-0.25, -0.2) is 4.39 Å². The molecule has 1 atom stereocenters. The highest BCUT2D eigenvalue weighted by molar-refractivity contribution is 6.46.